The van der Waals surface area contributed by atoms with Gasteiger partial charge in [0, 0.05) is 43.0 Å². The quantitative estimate of drug-likeness (QED) is 0.481. The van der Waals surface area contributed by atoms with Gasteiger partial charge in [-0.15, -0.1) is 11.3 Å². The maximum atomic E-state index is 13.0. The van der Waals surface area contributed by atoms with Crippen molar-refractivity contribution in [2.24, 2.45) is 0 Å². The van der Waals surface area contributed by atoms with Crippen molar-refractivity contribution >= 4 is 61.3 Å². The molecule has 158 valence electrons. The molecule has 1 aliphatic rings. The largest absolute Gasteiger partial charge is 0.345 e. The van der Waals surface area contributed by atoms with E-state index in [1.54, 1.807) is 23.5 Å². The number of hydrogen-bond acceptors (Lipinski definition) is 5. The van der Waals surface area contributed by atoms with Gasteiger partial charge in [-0.25, -0.2) is 13.4 Å². The van der Waals surface area contributed by atoms with Crippen LogP contribution in [0.3, 0.4) is 0 Å². The van der Waals surface area contributed by atoms with Gasteiger partial charge >= 0.3 is 0 Å². The lowest BCUT2D eigenvalue weighted by Gasteiger charge is -2.34. The van der Waals surface area contributed by atoms with Crippen LogP contribution in [0.4, 0.5) is 5.13 Å². The van der Waals surface area contributed by atoms with Gasteiger partial charge in [-0.2, -0.15) is 4.31 Å². The highest BCUT2D eigenvalue weighted by Crippen LogP contribution is 2.32. The van der Waals surface area contributed by atoms with Gasteiger partial charge in [0.1, 0.15) is 4.90 Å². The number of sulfonamides is 1. The summed E-state index contributed by atoms with van der Waals surface area (Å²) in [5.41, 5.74) is 2.13. The standard InChI is InChI=1S/C20H18Cl3N3O2S2/c21-15-6-4-14(5-7-15)12-16-13-29-20(24-16)25-8-10-26(11-9-25)30(27,28)18-3-1-2-17(22)19(18)23/h1-7,13H,8-12H2. The molecule has 10 heteroatoms. The summed E-state index contributed by atoms with van der Waals surface area (Å²) < 4.78 is 27.4. The fourth-order valence-corrected chi connectivity index (χ4v) is 6.44. The van der Waals surface area contributed by atoms with Gasteiger partial charge in [0.2, 0.25) is 10.0 Å². The van der Waals surface area contributed by atoms with Crippen LogP contribution in [0.1, 0.15) is 11.3 Å². The summed E-state index contributed by atoms with van der Waals surface area (Å²) in [4.78, 5) is 6.89. The van der Waals surface area contributed by atoms with Gasteiger partial charge < -0.3 is 4.90 Å². The first-order valence-corrected chi connectivity index (χ1v) is 12.7. The molecule has 1 fully saturated rings. The predicted molar refractivity (Wildman–Crippen MR) is 124 cm³/mol. The van der Waals surface area contributed by atoms with Crippen LogP contribution in [0.25, 0.3) is 0 Å². The smallest absolute Gasteiger partial charge is 0.244 e. The summed E-state index contributed by atoms with van der Waals surface area (Å²) in [5, 5.41) is 3.95. The molecular weight excluding hydrogens is 485 g/mol. The Morgan fingerprint density at radius 3 is 2.37 bits per heavy atom. The summed E-state index contributed by atoms with van der Waals surface area (Å²) in [7, 11) is -3.70. The molecule has 0 radical (unpaired) electrons. The van der Waals surface area contributed by atoms with Crippen LogP contribution < -0.4 is 4.90 Å². The zero-order valence-electron chi connectivity index (χ0n) is 15.8. The molecule has 0 unspecified atom stereocenters. The highest BCUT2D eigenvalue weighted by atomic mass is 35.5. The van der Waals surface area contributed by atoms with E-state index in [4.69, 9.17) is 39.8 Å². The van der Waals surface area contributed by atoms with Gasteiger partial charge in [-0.05, 0) is 29.8 Å². The van der Waals surface area contributed by atoms with Gasteiger partial charge in [0.15, 0.2) is 5.13 Å². The van der Waals surface area contributed by atoms with Crippen molar-refractivity contribution < 1.29 is 8.42 Å². The SMILES string of the molecule is O=S(=O)(c1cccc(Cl)c1Cl)N1CCN(c2nc(Cc3ccc(Cl)cc3)cs2)CC1. The van der Waals surface area contributed by atoms with Gasteiger partial charge in [-0.1, -0.05) is 53.0 Å². The first-order valence-electron chi connectivity index (χ1n) is 9.22. The number of thiazole rings is 1. The number of aromatic nitrogens is 1. The summed E-state index contributed by atoms with van der Waals surface area (Å²) in [5.74, 6) is 0. The molecule has 3 aromatic rings. The van der Waals surface area contributed by atoms with Crippen LogP contribution in [-0.2, 0) is 16.4 Å². The third-order valence-electron chi connectivity index (χ3n) is 4.88. The Kier molecular flexibility index (Phi) is 6.58. The third-order valence-corrected chi connectivity index (χ3v) is 8.96. The summed E-state index contributed by atoms with van der Waals surface area (Å²) in [6.45, 7) is 1.84. The third kappa shape index (κ3) is 4.61. The van der Waals surface area contributed by atoms with Crippen molar-refractivity contribution in [3.05, 3.63) is 74.2 Å². The molecule has 2 aromatic carbocycles. The van der Waals surface area contributed by atoms with Crippen LogP contribution >= 0.6 is 46.1 Å². The van der Waals surface area contributed by atoms with Crippen LogP contribution in [-0.4, -0.2) is 43.9 Å². The molecule has 0 spiro atoms. The minimum absolute atomic E-state index is 0.0459. The zero-order chi connectivity index (χ0) is 21.3. The van der Waals surface area contributed by atoms with Crippen molar-refractivity contribution in [1.82, 2.24) is 9.29 Å². The number of benzene rings is 2. The lowest BCUT2D eigenvalue weighted by molar-refractivity contribution is 0.384. The Hall–Kier alpha value is -1.35. The van der Waals surface area contributed by atoms with E-state index in [0.717, 1.165) is 22.8 Å². The first kappa shape index (κ1) is 21.9. The van der Waals surface area contributed by atoms with E-state index >= 15 is 0 Å². The van der Waals surface area contributed by atoms with Crippen LogP contribution in [0.5, 0.6) is 0 Å². The monoisotopic (exact) mass is 501 g/mol. The molecule has 2 heterocycles. The number of anilines is 1. The minimum Gasteiger partial charge on any atom is -0.345 e. The molecule has 5 nitrogen and oxygen atoms in total. The van der Waals surface area contributed by atoms with E-state index in [1.165, 1.54) is 10.4 Å². The average molecular weight is 503 g/mol. The minimum atomic E-state index is -3.70. The maximum Gasteiger partial charge on any atom is 0.244 e. The highest BCUT2D eigenvalue weighted by Gasteiger charge is 2.31. The maximum absolute atomic E-state index is 13.0. The Morgan fingerprint density at radius 1 is 0.967 bits per heavy atom. The molecule has 0 atom stereocenters. The van der Waals surface area contributed by atoms with Gasteiger partial charge in [0.25, 0.3) is 0 Å². The lowest BCUT2D eigenvalue weighted by Crippen LogP contribution is -2.48. The average Bonchev–Trinajstić information content (AvgIpc) is 3.20. The van der Waals surface area contributed by atoms with E-state index in [2.05, 4.69) is 4.90 Å². The highest BCUT2D eigenvalue weighted by molar-refractivity contribution is 7.89. The molecule has 1 aliphatic heterocycles. The normalized spacial score (nSPS) is 15.5. The zero-order valence-corrected chi connectivity index (χ0v) is 19.7. The number of hydrogen-bond donors (Lipinski definition) is 0. The molecule has 1 saturated heterocycles. The van der Waals surface area contributed by atoms with Crippen molar-refractivity contribution in [3.63, 3.8) is 0 Å². The summed E-state index contributed by atoms with van der Waals surface area (Å²) in [6, 6.07) is 12.4. The lowest BCUT2D eigenvalue weighted by atomic mass is 10.1. The molecule has 0 N–H and O–H groups in total. The second-order valence-corrected chi connectivity index (χ2v) is 10.8. The van der Waals surface area contributed by atoms with Crippen molar-refractivity contribution in [1.29, 1.82) is 0 Å². The molecule has 1 aromatic heterocycles. The molecule has 0 bridgehead atoms. The topological polar surface area (TPSA) is 53.5 Å². The van der Waals surface area contributed by atoms with E-state index in [9.17, 15) is 8.42 Å². The van der Waals surface area contributed by atoms with E-state index < -0.39 is 10.0 Å². The fraction of sp³-hybridized carbons (Fsp3) is 0.250. The fourth-order valence-electron chi connectivity index (χ4n) is 3.28. The number of nitrogens with zero attached hydrogens (tertiary/aromatic N) is 3. The number of halogens is 3. The van der Waals surface area contributed by atoms with Crippen LogP contribution in [0.2, 0.25) is 15.1 Å². The number of rotatable bonds is 5. The molecule has 30 heavy (non-hydrogen) atoms. The molecule has 0 saturated carbocycles. The Morgan fingerprint density at radius 2 is 1.67 bits per heavy atom. The molecular formula is C20H18Cl3N3O2S2. The van der Waals surface area contributed by atoms with Crippen molar-refractivity contribution in [2.75, 3.05) is 31.1 Å². The molecule has 4 rings (SSSR count). The molecule has 0 amide bonds. The summed E-state index contributed by atoms with van der Waals surface area (Å²) >= 11 is 19.6. The predicted octanol–water partition coefficient (Wildman–Crippen LogP) is 5.21. The van der Waals surface area contributed by atoms with Gasteiger partial charge in [0.05, 0.1) is 15.7 Å². The van der Waals surface area contributed by atoms with Crippen LogP contribution in [0.15, 0.2) is 52.7 Å². The van der Waals surface area contributed by atoms with Crippen molar-refractivity contribution in [2.45, 2.75) is 11.3 Å². The summed E-state index contributed by atoms with van der Waals surface area (Å²) in [6.07, 6.45) is 0.731. The Bertz CT molecular complexity index is 1140. The first-order chi connectivity index (χ1) is 14.3. The molecule has 0 aliphatic carbocycles. The Balaban J connectivity index is 1.42. The van der Waals surface area contributed by atoms with Crippen molar-refractivity contribution in [3.8, 4) is 0 Å². The number of piperazine rings is 1. The van der Waals surface area contributed by atoms with Gasteiger partial charge in [-0.3, -0.25) is 0 Å². The van der Waals surface area contributed by atoms with Crippen LogP contribution in [0, 0.1) is 0 Å². The van der Waals surface area contributed by atoms with E-state index in [1.807, 2.05) is 29.6 Å². The Labute approximate surface area is 194 Å². The van der Waals surface area contributed by atoms with E-state index in [-0.39, 0.29) is 14.9 Å². The second kappa shape index (κ2) is 9.02. The second-order valence-electron chi connectivity index (χ2n) is 6.87. The van der Waals surface area contributed by atoms with E-state index in [0.29, 0.717) is 31.2 Å².